The zero-order chi connectivity index (χ0) is 12.4. The molecular formula is C12H16N2O3. The number of hydrogen-bond donors (Lipinski definition) is 1. The lowest BCUT2D eigenvalue weighted by Crippen LogP contribution is -2.33. The molecule has 0 radical (unpaired) electrons. The van der Waals surface area contributed by atoms with Crippen LogP contribution in [0.25, 0.3) is 0 Å². The summed E-state index contributed by atoms with van der Waals surface area (Å²) in [5, 5.41) is 10.7. The molecule has 2 atom stereocenters. The lowest BCUT2D eigenvalue weighted by atomic mass is 10.2. The van der Waals surface area contributed by atoms with Crippen LogP contribution in [0.1, 0.15) is 24.8 Å². The summed E-state index contributed by atoms with van der Waals surface area (Å²) in [4.78, 5) is 10.3. The Morgan fingerprint density at radius 2 is 2.18 bits per heavy atom. The second-order valence-corrected chi connectivity index (χ2v) is 4.51. The Morgan fingerprint density at radius 3 is 2.76 bits per heavy atom. The van der Waals surface area contributed by atoms with E-state index in [1.807, 2.05) is 6.92 Å². The van der Waals surface area contributed by atoms with E-state index in [9.17, 15) is 10.1 Å². The van der Waals surface area contributed by atoms with Crippen LogP contribution in [0.3, 0.4) is 0 Å². The molecule has 2 unspecified atom stereocenters. The van der Waals surface area contributed by atoms with Crippen LogP contribution in [-0.4, -0.2) is 17.1 Å². The van der Waals surface area contributed by atoms with Gasteiger partial charge in [-0.05, 0) is 37.8 Å². The minimum atomic E-state index is -0.408. The molecule has 1 aliphatic carbocycles. The first-order valence-corrected chi connectivity index (χ1v) is 5.74. The molecule has 1 saturated carbocycles. The van der Waals surface area contributed by atoms with E-state index in [4.69, 9.17) is 10.5 Å². The van der Waals surface area contributed by atoms with E-state index >= 15 is 0 Å². The van der Waals surface area contributed by atoms with Gasteiger partial charge < -0.3 is 10.5 Å². The molecule has 2 N–H and O–H groups in total. The number of aryl methyl sites for hydroxylation is 1. The standard InChI is InChI=1S/C12H16N2O3/c1-8-5-9(14(15)16)7-10(6-8)17-12-4-2-3-11(12)13/h5-7,11-12H,2-4,13H2,1H3. The van der Waals surface area contributed by atoms with Gasteiger partial charge in [0.05, 0.1) is 11.0 Å². The average molecular weight is 236 g/mol. The zero-order valence-corrected chi connectivity index (χ0v) is 9.76. The Kier molecular flexibility index (Phi) is 3.28. The molecule has 0 aromatic heterocycles. The lowest BCUT2D eigenvalue weighted by Gasteiger charge is -2.17. The maximum Gasteiger partial charge on any atom is 0.273 e. The van der Waals surface area contributed by atoms with Gasteiger partial charge in [0, 0.05) is 12.1 Å². The number of nitrogens with two attached hydrogens (primary N) is 1. The van der Waals surface area contributed by atoms with Crippen LogP contribution in [0.15, 0.2) is 18.2 Å². The highest BCUT2D eigenvalue weighted by Crippen LogP contribution is 2.27. The van der Waals surface area contributed by atoms with Crippen molar-refractivity contribution in [2.24, 2.45) is 5.73 Å². The molecule has 0 spiro atoms. The summed E-state index contributed by atoms with van der Waals surface area (Å²) >= 11 is 0. The van der Waals surface area contributed by atoms with E-state index in [1.54, 1.807) is 6.07 Å². The van der Waals surface area contributed by atoms with Gasteiger partial charge in [-0.1, -0.05) is 0 Å². The van der Waals surface area contributed by atoms with Crippen LogP contribution in [0, 0.1) is 17.0 Å². The SMILES string of the molecule is Cc1cc(OC2CCCC2N)cc([N+](=O)[O-])c1. The van der Waals surface area contributed by atoms with E-state index in [1.165, 1.54) is 12.1 Å². The van der Waals surface area contributed by atoms with Crippen molar-refractivity contribution < 1.29 is 9.66 Å². The molecule has 0 aliphatic heterocycles. The number of nitro benzene ring substituents is 1. The van der Waals surface area contributed by atoms with Gasteiger partial charge in [-0.3, -0.25) is 10.1 Å². The molecule has 17 heavy (non-hydrogen) atoms. The van der Waals surface area contributed by atoms with Crippen LogP contribution >= 0.6 is 0 Å². The van der Waals surface area contributed by atoms with Gasteiger partial charge in [0.1, 0.15) is 11.9 Å². The molecule has 1 aromatic rings. The normalized spacial score (nSPS) is 23.6. The van der Waals surface area contributed by atoms with Crippen LogP contribution in [0.5, 0.6) is 5.75 Å². The van der Waals surface area contributed by atoms with Gasteiger partial charge in [-0.25, -0.2) is 0 Å². The monoisotopic (exact) mass is 236 g/mol. The van der Waals surface area contributed by atoms with E-state index in [-0.39, 0.29) is 17.8 Å². The van der Waals surface area contributed by atoms with Crippen LogP contribution < -0.4 is 10.5 Å². The largest absolute Gasteiger partial charge is 0.489 e. The molecule has 0 saturated heterocycles. The van der Waals surface area contributed by atoms with Crippen molar-refractivity contribution in [1.82, 2.24) is 0 Å². The number of nitrogens with zero attached hydrogens (tertiary/aromatic N) is 1. The smallest absolute Gasteiger partial charge is 0.273 e. The maximum atomic E-state index is 10.7. The summed E-state index contributed by atoms with van der Waals surface area (Å²) in [6.07, 6.45) is 2.91. The minimum absolute atomic E-state index is 0.0172. The van der Waals surface area contributed by atoms with Crippen molar-refractivity contribution in [3.8, 4) is 5.75 Å². The number of rotatable bonds is 3. The molecular weight excluding hydrogens is 220 g/mol. The zero-order valence-electron chi connectivity index (χ0n) is 9.76. The third kappa shape index (κ3) is 2.74. The maximum absolute atomic E-state index is 10.7. The Bertz CT molecular complexity index is 434. The molecule has 5 heteroatoms. The van der Waals surface area contributed by atoms with Gasteiger partial charge in [0.2, 0.25) is 0 Å². The molecule has 0 bridgehead atoms. The molecule has 92 valence electrons. The summed E-state index contributed by atoms with van der Waals surface area (Å²) < 4.78 is 5.73. The quantitative estimate of drug-likeness (QED) is 0.644. The molecule has 2 rings (SSSR count). The second kappa shape index (κ2) is 4.71. The number of benzene rings is 1. The summed E-state index contributed by atoms with van der Waals surface area (Å²) in [5.74, 6) is 0.541. The van der Waals surface area contributed by atoms with E-state index in [2.05, 4.69) is 0 Å². The fourth-order valence-electron chi connectivity index (χ4n) is 2.18. The summed E-state index contributed by atoms with van der Waals surface area (Å²) in [6, 6.07) is 4.83. The molecule has 5 nitrogen and oxygen atoms in total. The third-order valence-electron chi connectivity index (χ3n) is 3.04. The average Bonchev–Trinajstić information content (AvgIpc) is 2.63. The first-order valence-electron chi connectivity index (χ1n) is 5.74. The molecule has 1 fully saturated rings. The Morgan fingerprint density at radius 1 is 1.41 bits per heavy atom. The van der Waals surface area contributed by atoms with Gasteiger partial charge in [-0.15, -0.1) is 0 Å². The van der Waals surface area contributed by atoms with Crippen LogP contribution in [0.4, 0.5) is 5.69 Å². The Balaban J connectivity index is 2.17. The first kappa shape index (κ1) is 11.9. The van der Waals surface area contributed by atoms with Crippen molar-refractivity contribution in [3.05, 3.63) is 33.9 Å². The first-order chi connectivity index (χ1) is 8.06. The second-order valence-electron chi connectivity index (χ2n) is 4.51. The fourth-order valence-corrected chi connectivity index (χ4v) is 2.18. The summed E-state index contributed by atoms with van der Waals surface area (Å²) in [5.41, 5.74) is 6.79. The third-order valence-corrected chi connectivity index (χ3v) is 3.04. The van der Waals surface area contributed by atoms with E-state index < -0.39 is 4.92 Å². The summed E-state index contributed by atoms with van der Waals surface area (Å²) in [7, 11) is 0. The lowest BCUT2D eigenvalue weighted by molar-refractivity contribution is -0.385. The molecule has 1 aliphatic rings. The Labute approximate surface area is 99.7 Å². The van der Waals surface area contributed by atoms with Crippen molar-refractivity contribution in [2.75, 3.05) is 0 Å². The van der Waals surface area contributed by atoms with Gasteiger partial charge in [0.15, 0.2) is 0 Å². The highest BCUT2D eigenvalue weighted by molar-refractivity contribution is 5.42. The summed E-state index contributed by atoms with van der Waals surface area (Å²) in [6.45, 7) is 1.81. The fraction of sp³-hybridized carbons (Fsp3) is 0.500. The van der Waals surface area contributed by atoms with Gasteiger partial charge in [-0.2, -0.15) is 0 Å². The van der Waals surface area contributed by atoms with Crippen molar-refractivity contribution in [2.45, 2.75) is 38.3 Å². The topological polar surface area (TPSA) is 78.4 Å². The van der Waals surface area contributed by atoms with E-state index in [0.717, 1.165) is 24.8 Å². The van der Waals surface area contributed by atoms with Crippen LogP contribution in [-0.2, 0) is 0 Å². The number of hydrogen-bond acceptors (Lipinski definition) is 4. The van der Waals surface area contributed by atoms with Gasteiger partial charge >= 0.3 is 0 Å². The highest BCUT2D eigenvalue weighted by atomic mass is 16.6. The van der Waals surface area contributed by atoms with Crippen molar-refractivity contribution in [1.29, 1.82) is 0 Å². The number of nitro groups is 1. The van der Waals surface area contributed by atoms with Crippen LogP contribution in [0.2, 0.25) is 0 Å². The van der Waals surface area contributed by atoms with Crippen molar-refractivity contribution in [3.63, 3.8) is 0 Å². The number of non-ortho nitro benzene ring substituents is 1. The molecule has 0 amide bonds. The minimum Gasteiger partial charge on any atom is -0.489 e. The predicted molar refractivity (Wildman–Crippen MR) is 64.1 cm³/mol. The van der Waals surface area contributed by atoms with E-state index in [0.29, 0.717) is 5.75 Å². The molecule has 0 heterocycles. The predicted octanol–water partition coefficient (Wildman–Crippen LogP) is 2.16. The van der Waals surface area contributed by atoms with Gasteiger partial charge in [0.25, 0.3) is 5.69 Å². The van der Waals surface area contributed by atoms with Crippen molar-refractivity contribution >= 4 is 5.69 Å². The number of ether oxygens (including phenoxy) is 1. The highest BCUT2D eigenvalue weighted by Gasteiger charge is 2.26. The molecule has 1 aromatic carbocycles. The Hall–Kier alpha value is -1.62.